The molecule has 1 heterocycles. The fourth-order valence-corrected chi connectivity index (χ4v) is 2.55. The molecule has 1 aromatic heterocycles. The predicted octanol–water partition coefficient (Wildman–Crippen LogP) is 1.72. The first kappa shape index (κ1) is 14.6. The molecule has 0 aromatic carbocycles. The Labute approximate surface area is 111 Å². The van der Waals surface area contributed by atoms with Gasteiger partial charge in [-0.05, 0) is 18.6 Å². The largest absolute Gasteiger partial charge is 0.261 e. The van der Waals surface area contributed by atoms with E-state index in [0.717, 1.165) is 12.1 Å². The van der Waals surface area contributed by atoms with E-state index in [1.807, 2.05) is 25.1 Å². The number of aromatic nitrogens is 1. The van der Waals surface area contributed by atoms with E-state index in [0.29, 0.717) is 17.8 Å². The van der Waals surface area contributed by atoms with Gasteiger partial charge in [0.2, 0.25) is 10.0 Å². The first-order valence-corrected chi connectivity index (χ1v) is 8.08. The Morgan fingerprint density at radius 1 is 1.47 bits per heavy atom. The minimum Gasteiger partial charge on any atom is -0.261 e. The van der Waals surface area contributed by atoms with Crippen LogP contribution in [0, 0.1) is 0 Å². The first-order chi connectivity index (χ1) is 7.99. The third kappa shape index (κ3) is 6.75. The number of pyridine rings is 1. The van der Waals surface area contributed by atoms with Crippen LogP contribution in [0.1, 0.15) is 19.0 Å². The van der Waals surface area contributed by atoms with Crippen LogP contribution < -0.4 is 4.72 Å². The molecule has 0 aliphatic heterocycles. The third-order valence-corrected chi connectivity index (χ3v) is 4.06. The second kappa shape index (κ2) is 7.08. The lowest BCUT2D eigenvalue weighted by molar-refractivity contribution is 0.578. The molecule has 0 spiro atoms. The predicted molar refractivity (Wildman–Crippen MR) is 72.7 cm³/mol. The smallest absolute Gasteiger partial charge is 0.211 e. The highest BCUT2D eigenvalue weighted by Crippen LogP contribution is 2.02. The molecule has 96 valence electrons. The van der Waals surface area contributed by atoms with Gasteiger partial charge in [0.25, 0.3) is 0 Å². The van der Waals surface area contributed by atoms with Crippen LogP contribution >= 0.6 is 15.9 Å². The molecule has 4 nitrogen and oxygen atoms in total. The lowest BCUT2D eigenvalue weighted by Gasteiger charge is -2.07. The van der Waals surface area contributed by atoms with Crippen molar-refractivity contribution in [2.75, 3.05) is 12.3 Å². The molecule has 0 radical (unpaired) electrons. The zero-order chi connectivity index (χ0) is 12.7. The van der Waals surface area contributed by atoms with Crippen LogP contribution in [0.15, 0.2) is 24.4 Å². The van der Waals surface area contributed by atoms with E-state index in [4.69, 9.17) is 0 Å². The van der Waals surface area contributed by atoms with Crippen molar-refractivity contribution >= 4 is 26.0 Å². The standard InChI is InChI=1S/C11H17BrN2O2S/c1-10(12)5-8-14-17(15,16)9-6-11-4-2-3-7-13-11/h2-4,7,10,14H,5-6,8-9H2,1H3. The van der Waals surface area contributed by atoms with Crippen LogP contribution in [-0.2, 0) is 16.4 Å². The zero-order valence-corrected chi connectivity index (χ0v) is 12.2. The van der Waals surface area contributed by atoms with Gasteiger partial charge >= 0.3 is 0 Å². The molecule has 6 heteroatoms. The fourth-order valence-electron chi connectivity index (χ4n) is 1.27. The molecule has 0 saturated carbocycles. The Balaban J connectivity index is 2.35. The van der Waals surface area contributed by atoms with Crippen molar-refractivity contribution in [1.29, 1.82) is 0 Å². The summed E-state index contributed by atoms with van der Waals surface area (Å²) in [5.74, 6) is 0.0840. The first-order valence-electron chi connectivity index (χ1n) is 5.51. The molecule has 17 heavy (non-hydrogen) atoms. The summed E-state index contributed by atoms with van der Waals surface area (Å²) in [6, 6.07) is 5.50. The van der Waals surface area contributed by atoms with Crippen molar-refractivity contribution in [1.82, 2.24) is 9.71 Å². The van der Waals surface area contributed by atoms with Gasteiger partial charge in [0, 0.05) is 29.7 Å². The topological polar surface area (TPSA) is 59.1 Å². The van der Waals surface area contributed by atoms with Gasteiger partial charge in [-0.2, -0.15) is 0 Å². The highest BCUT2D eigenvalue weighted by Gasteiger charge is 2.10. The summed E-state index contributed by atoms with van der Waals surface area (Å²) in [6.07, 6.45) is 2.89. The summed E-state index contributed by atoms with van der Waals surface area (Å²) in [5, 5.41) is 0. The number of sulfonamides is 1. The van der Waals surface area contributed by atoms with Gasteiger partial charge < -0.3 is 0 Å². The van der Waals surface area contributed by atoms with Gasteiger partial charge in [-0.3, -0.25) is 4.98 Å². The Hall–Kier alpha value is -0.460. The van der Waals surface area contributed by atoms with Crippen molar-refractivity contribution < 1.29 is 8.42 Å². The highest BCUT2D eigenvalue weighted by atomic mass is 79.9. The lowest BCUT2D eigenvalue weighted by Crippen LogP contribution is -2.29. The molecule has 1 unspecified atom stereocenters. The molecule has 0 fully saturated rings. The van der Waals surface area contributed by atoms with Gasteiger partial charge in [0.05, 0.1) is 5.75 Å². The van der Waals surface area contributed by atoms with Crippen molar-refractivity contribution in [3.63, 3.8) is 0 Å². The molecular weight excluding hydrogens is 304 g/mol. The van der Waals surface area contributed by atoms with Crippen LogP contribution in [-0.4, -0.2) is 30.5 Å². The summed E-state index contributed by atoms with van der Waals surface area (Å²) >= 11 is 3.37. The van der Waals surface area contributed by atoms with Gasteiger partial charge in [-0.1, -0.05) is 28.9 Å². The average Bonchev–Trinajstić information content (AvgIpc) is 2.27. The number of rotatable bonds is 7. The molecule has 0 aliphatic rings. The SMILES string of the molecule is CC(Br)CCNS(=O)(=O)CCc1ccccn1. The van der Waals surface area contributed by atoms with Gasteiger partial charge in [0.15, 0.2) is 0 Å². The van der Waals surface area contributed by atoms with Gasteiger partial charge in [-0.15, -0.1) is 0 Å². The Bertz CT molecular complexity index is 420. The molecule has 1 atom stereocenters. The van der Waals surface area contributed by atoms with E-state index in [2.05, 4.69) is 25.6 Å². The van der Waals surface area contributed by atoms with E-state index in [1.54, 1.807) is 6.20 Å². The second-order valence-electron chi connectivity index (χ2n) is 3.85. The number of aryl methyl sites for hydroxylation is 1. The quantitative estimate of drug-likeness (QED) is 0.778. The normalized spacial score (nSPS) is 13.5. The zero-order valence-electron chi connectivity index (χ0n) is 9.77. The molecule has 1 N–H and O–H groups in total. The van der Waals surface area contributed by atoms with E-state index < -0.39 is 10.0 Å². The van der Waals surface area contributed by atoms with E-state index in [-0.39, 0.29) is 5.75 Å². The fraction of sp³-hybridized carbons (Fsp3) is 0.545. The molecule has 1 aromatic rings. The monoisotopic (exact) mass is 320 g/mol. The van der Waals surface area contributed by atoms with Gasteiger partial charge in [-0.25, -0.2) is 13.1 Å². The van der Waals surface area contributed by atoms with Crippen LogP contribution in [0.25, 0.3) is 0 Å². The summed E-state index contributed by atoms with van der Waals surface area (Å²) < 4.78 is 25.8. The number of hydrogen-bond acceptors (Lipinski definition) is 3. The molecule has 0 bridgehead atoms. The van der Waals surface area contributed by atoms with Crippen LogP contribution in [0.3, 0.4) is 0 Å². The maximum atomic E-state index is 11.6. The summed E-state index contributed by atoms with van der Waals surface area (Å²) in [4.78, 5) is 4.41. The van der Waals surface area contributed by atoms with Gasteiger partial charge in [0.1, 0.15) is 0 Å². The van der Waals surface area contributed by atoms with E-state index >= 15 is 0 Å². The number of alkyl halides is 1. The average molecular weight is 321 g/mol. The highest BCUT2D eigenvalue weighted by molar-refractivity contribution is 9.09. The maximum Gasteiger partial charge on any atom is 0.211 e. The molecule has 0 amide bonds. The van der Waals surface area contributed by atoms with E-state index in [9.17, 15) is 8.42 Å². The molecule has 0 aliphatic carbocycles. The molecular formula is C11H17BrN2O2S. The summed E-state index contributed by atoms with van der Waals surface area (Å²) in [6.45, 7) is 2.46. The van der Waals surface area contributed by atoms with Crippen LogP contribution in [0.2, 0.25) is 0 Å². The summed E-state index contributed by atoms with van der Waals surface area (Å²) in [5.41, 5.74) is 0.798. The number of nitrogens with one attached hydrogen (secondary N) is 1. The van der Waals surface area contributed by atoms with E-state index in [1.165, 1.54) is 0 Å². The van der Waals surface area contributed by atoms with Crippen molar-refractivity contribution in [2.45, 2.75) is 24.6 Å². The minimum atomic E-state index is -3.19. The Morgan fingerprint density at radius 3 is 2.82 bits per heavy atom. The van der Waals surface area contributed by atoms with Crippen molar-refractivity contribution in [3.8, 4) is 0 Å². The van der Waals surface area contributed by atoms with Crippen molar-refractivity contribution in [3.05, 3.63) is 30.1 Å². The number of hydrogen-bond donors (Lipinski definition) is 1. The minimum absolute atomic E-state index is 0.0840. The molecule has 1 rings (SSSR count). The summed E-state index contributed by atoms with van der Waals surface area (Å²) in [7, 11) is -3.19. The Kier molecular flexibility index (Phi) is 6.08. The van der Waals surface area contributed by atoms with Crippen LogP contribution in [0.5, 0.6) is 0 Å². The molecule has 0 saturated heterocycles. The van der Waals surface area contributed by atoms with Crippen LogP contribution in [0.4, 0.5) is 0 Å². The maximum absolute atomic E-state index is 11.6. The number of halogens is 1. The lowest BCUT2D eigenvalue weighted by atomic mass is 10.3. The Morgan fingerprint density at radius 2 is 2.24 bits per heavy atom. The van der Waals surface area contributed by atoms with Crippen molar-refractivity contribution in [2.24, 2.45) is 0 Å². The third-order valence-electron chi connectivity index (χ3n) is 2.22. The second-order valence-corrected chi connectivity index (χ2v) is 7.34. The number of nitrogens with zero attached hydrogens (tertiary/aromatic N) is 1.